The Kier molecular flexibility index (Phi) is 5.41. The summed E-state index contributed by atoms with van der Waals surface area (Å²) in [6.07, 6.45) is 0. The lowest BCUT2D eigenvalue weighted by Crippen LogP contribution is -2.36. The fourth-order valence-corrected chi connectivity index (χ4v) is 2.69. The highest BCUT2D eigenvalue weighted by atomic mass is 16.5. The summed E-state index contributed by atoms with van der Waals surface area (Å²) in [4.78, 5) is 8.60. The topological polar surface area (TPSA) is 71.7 Å². The van der Waals surface area contributed by atoms with E-state index in [4.69, 9.17) is 9.15 Å². The number of nitrogens with one attached hydrogen (secondary N) is 2. The van der Waals surface area contributed by atoms with Gasteiger partial charge in [0.1, 0.15) is 11.5 Å². The fraction of sp³-hybridized carbons (Fsp3) is 0.300. The Bertz CT molecular complexity index is 911. The quantitative estimate of drug-likeness (QED) is 0.544. The first-order valence-electron chi connectivity index (χ1n) is 8.53. The van der Waals surface area contributed by atoms with Gasteiger partial charge in [0, 0.05) is 13.6 Å². The van der Waals surface area contributed by atoms with E-state index in [0.717, 1.165) is 22.6 Å². The summed E-state index contributed by atoms with van der Waals surface area (Å²) < 4.78 is 10.8. The Morgan fingerprint density at radius 2 is 1.81 bits per heavy atom. The van der Waals surface area contributed by atoms with Gasteiger partial charge in [-0.1, -0.05) is 18.2 Å². The zero-order valence-electron chi connectivity index (χ0n) is 15.6. The molecule has 0 bridgehead atoms. The van der Waals surface area contributed by atoms with Gasteiger partial charge in [0.2, 0.25) is 5.89 Å². The zero-order chi connectivity index (χ0) is 18.5. The fourth-order valence-electron chi connectivity index (χ4n) is 2.69. The first-order valence-corrected chi connectivity index (χ1v) is 8.53. The van der Waals surface area contributed by atoms with Gasteiger partial charge in [0.05, 0.1) is 19.3 Å². The number of nitrogens with zero attached hydrogens (tertiary/aromatic N) is 2. The number of aliphatic imine (C=N–C) groups is 1. The third-order valence-corrected chi connectivity index (χ3v) is 4.28. The molecule has 0 amide bonds. The third kappa shape index (κ3) is 4.14. The summed E-state index contributed by atoms with van der Waals surface area (Å²) in [5, 5.41) is 8.86. The second-order valence-corrected chi connectivity index (χ2v) is 6.08. The number of oxazole rings is 1. The van der Waals surface area contributed by atoms with Gasteiger partial charge in [-0.3, -0.25) is 4.99 Å². The van der Waals surface area contributed by atoms with Crippen molar-refractivity contribution in [3.8, 4) is 5.75 Å². The smallest absolute Gasteiger partial charge is 0.214 e. The third-order valence-electron chi connectivity index (χ3n) is 4.28. The maximum absolute atomic E-state index is 5.57. The van der Waals surface area contributed by atoms with Crippen LogP contribution in [0.3, 0.4) is 0 Å². The summed E-state index contributed by atoms with van der Waals surface area (Å²) in [7, 11) is 3.42. The van der Waals surface area contributed by atoms with Crippen LogP contribution in [0.5, 0.6) is 5.75 Å². The number of rotatable bonds is 5. The van der Waals surface area contributed by atoms with Crippen LogP contribution < -0.4 is 15.4 Å². The van der Waals surface area contributed by atoms with Crippen LogP contribution in [0, 0.1) is 13.8 Å². The maximum atomic E-state index is 5.57. The van der Waals surface area contributed by atoms with E-state index < -0.39 is 0 Å². The minimum absolute atomic E-state index is 0.492. The molecule has 1 heterocycles. The first kappa shape index (κ1) is 17.8. The predicted molar refractivity (Wildman–Crippen MR) is 104 cm³/mol. The number of methoxy groups -OCH3 is 1. The first-order chi connectivity index (χ1) is 12.6. The Hall–Kier alpha value is -3.02. The van der Waals surface area contributed by atoms with Crippen molar-refractivity contribution in [2.24, 2.45) is 4.99 Å². The molecule has 0 saturated carbocycles. The van der Waals surface area contributed by atoms with Crippen molar-refractivity contribution in [1.82, 2.24) is 15.6 Å². The summed E-state index contributed by atoms with van der Waals surface area (Å²) >= 11 is 0. The summed E-state index contributed by atoms with van der Waals surface area (Å²) in [5.41, 5.74) is 2.09. The molecule has 0 aliphatic rings. The normalized spacial score (nSPS) is 11.6. The van der Waals surface area contributed by atoms with Crippen LogP contribution in [-0.4, -0.2) is 25.1 Å². The maximum Gasteiger partial charge on any atom is 0.214 e. The molecule has 2 N–H and O–H groups in total. The van der Waals surface area contributed by atoms with Crippen molar-refractivity contribution >= 4 is 16.7 Å². The van der Waals surface area contributed by atoms with E-state index in [0.29, 0.717) is 24.9 Å². The number of aromatic nitrogens is 1. The molecule has 1 aromatic heterocycles. The average Bonchev–Trinajstić information content (AvgIpc) is 2.99. The molecule has 0 spiro atoms. The highest BCUT2D eigenvalue weighted by Crippen LogP contribution is 2.21. The Balaban J connectivity index is 1.60. The molecule has 6 nitrogen and oxygen atoms in total. The number of ether oxygens (including phenoxy) is 1. The lowest BCUT2D eigenvalue weighted by molar-refractivity contribution is 0.415. The van der Waals surface area contributed by atoms with E-state index in [1.165, 1.54) is 10.9 Å². The van der Waals surface area contributed by atoms with Gasteiger partial charge in [-0.15, -0.1) is 0 Å². The van der Waals surface area contributed by atoms with Gasteiger partial charge in [-0.05, 0) is 48.4 Å². The minimum Gasteiger partial charge on any atom is -0.497 e. The van der Waals surface area contributed by atoms with Crippen molar-refractivity contribution in [2.75, 3.05) is 14.2 Å². The van der Waals surface area contributed by atoms with E-state index >= 15 is 0 Å². The van der Waals surface area contributed by atoms with Crippen LogP contribution in [0.2, 0.25) is 0 Å². The molecular formula is C20H24N4O2. The number of guanidine groups is 1. The number of aryl methyl sites for hydroxylation is 2. The van der Waals surface area contributed by atoms with E-state index in [1.54, 1.807) is 14.2 Å². The molecule has 0 aliphatic carbocycles. The molecule has 0 fully saturated rings. The molecule has 26 heavy (non-hydrogen) atoms. The van der Waals surface area contributed by atoms with Crippen LogP contribution in [0.1, 0.15) is 22.9 Å². The van der Waals surface area contributed by atoms with Crippen LogP contribution in [-0.2, 0) is 13.1 Å². The summed E-state index contributed by atoms with van der Waals surface area (Å²) in [6.45, 7) is 5.01. The van der Waals surface area contributed by atoms with Crippen molar-refractivity contribution < 1.29 is 9.15 Å². The van der Waals surface area contributed by atoms with Gasteiger partial charge in [-0.2, -0.15) is 0 Å². The second-order valence-electron chi connectivity index (χ2n) is 6.08. The van der Waals surface area contributed by atoms with E-state index in [9.17, 15) is 0 Å². The van der Waals surface area contributed by atoms with Crippen molar-refractivity contribution in [3.63, 3.8) is 0 Å². The minimum atomic E-state index is 0.492. The Labute approximate surface area is 153 Å². The van der Waals surface area contributed by atoms with Crippen LogP contribution in [0.4, 0.5) is 0 Å². The molecule has 0 saturated heterocycles. The standard InChI is InChI=1S/C20H24N4O2/c1-13-14(2)26-19(24-13)12-23-20(21-3)22-11-15-5-6-17-10-18(25-4)8-7-16(17)9-15/h5-10H,11-12H2,1-4H3,(H2,21,22,23). The second kappa shape index (κ2) is 7.91. The molecule has 0 unspecified atom stereocenters. The molecular weight excluding hydrogens is 328 g/mol. The van der Waals surface area contributed by atoms with Crippen LogP contribution in [0.25, 0.3) is 10.8 Å². The van der Waals surface area contributed by atoms with E-state index in [2.05, 4.69) is 44.9 Å². The average molecular weight is 352 g/mol. The SMILES string of the molecule is CN=C(NCc1ccc2cc(OC)ccc2c1)NCc1nc(C)c(C)o1. The number of hydrogen-bond acceptors (Lipinski definition) is 4. The number of benzene rings is 2. The highest BCUT2D eigenvalue weighted by molar-refractivity contribution is 5.85. The number of fused-ring (bicyclic) bond motifs is 1. The largest absolute Gasteiger partial charge is 0.497 e. The summed E-state index contributed by atoms with van der Waals surface area (Å²) in [5.74, 6) is 3.07. The van der Waals surface area contributed by atoms with Crippen molar-refractivity contribution in [3.05, 3.63) is 59.3 Å². The van der Waals surface area contributed by atoms with Gasteiger partial charge in [0.15, 0.2) is 5.96 Å². The molecule has 0 atom stereocenters. The van der Waals surface area contributed by atoms with Crippen LogP contribution in [0.15, 0.2) is 45.8 Å². The molecule has 0 aliphatic heterocycles. The van der Waals surface area contributed by atoms with E-state index in [1.807, 2.05) is 26.0 Å². The highest BCUT2D eigenvalue weighted by Gasteiger charge is 2.06. The Morgan fingerprint density at radius 1 is 1.08 bits per heavy atom. The Morgan fingerprint density at radius 3 is 2.50 bits per heavy atom. The van der Waals surface area contributed by atoms with Gasteiger partial charge in [0.25, 0.3) is 0 Å². The molecule has 6 heteroatoms. The van der Waals surface area contributed by atoms with Crippen LogP contribution >= 0.6 is 0 Å². The van der Waals surface area contributed by atoms with Crippen molar-refractivity contribution in [1.29, 1.82) is 0 Å². The predicted octanol–water partition coefficient (Wildman–Crippen LogP) is 3.32. The monoisotopic (exact) mass is 352 g/mol. The molecule has 2 aromatic carbocycles. The number of hydrogen-bond donors (Lipinski definition) is 2. The lowest BCUT2D eigenvalue weighted by atomic mass is 10.1. The lowest BCUT2D eigenvalue weighted by Gasteiger charge is -2.11. The van der Waals surface area contributed by atoms with Crippen molar-refractivity contribution in [2.45, 2.75) is 26.9 Å². The van der Waals surface area contributed by atoms with Gasteiger partial charge >= 0.3 is 0 Å². The van der Waals surface area contributed by atoms with E-state index in [-0.39, 0.29) is 0 Å². The molecule has 0 radical (unpaired) electrons. The molecule has 136 valence electrons. The molecule has 3 rings (SSSR count). The molecule has 3 aromatic rings. The van der Waals surface area contributed by atoms with Gasteiger partial charge in [-0.25, -0.2) is 4.98 Å². The van der Waals surface area contributed by atoms with Gasteiger partial charge < -0.3 is 19.8 Å². The zero-order valence-corrected chi connectivity index (χ0v) is 15.6. The summed E-state index contributed by atoms with van der Waals surface area (Å²) in [6, 6.07) is 12.4.